The Labute approximate surface area is 119 Å². The minimum absolute atomic E-state index is 0.0706. The highest BCUT2D eigenvalue weighted by Gasteiger charge is 2.26. The van der Waals surface area contributed by atoms with Crippen LogP contribution in [0.2, 0.25) is 0 Å². The Kier molecular flexibility index (Phi) is 4.06. The van der Waals surface area contributed by atoms with Crippen molar-refractivity contribution in [3.63, 3.8) is 0 Å². The summed E-state index contributed by atoms with van der Waals surface area (Å²) in [4.78, 5) is 29.3. The summed E-state index contributed by atoms with van der Waals surface area (Å²) in [6.45, 7) is 5.99. The van der Waals surface area contributed by atoms with E-state index in [0.29, 0.717) is 11.3 Å². The van der Waals surface area contributed by atoms with Gasteiger partial charge in [0.25, 0.3) is 5.91 Å². The summed E-state index contributed by atoms with van der Waals surface area (Å²) in [6, 6.07) is 3.11. The fourth-order valence-corrected chi connectivity index (χ4v) is 2.45. The first-order valence-corrected chi connectivity index (χ1v) is 6.94. The molecule has 0 aliphatic carbocycles. The second-order valence-corrected chi connectivity index (χ2v) is 6.11. The van der Waals surface area contributed by atoms with Crippen LogP contribution in [0.25, 0.3) is 0 Å². The van der Waals surface area contributed by atoms with Crippen molar-refractivity contribution in [2.75, 3.05) is 13.1 Å². The number of nitrogens with two attached hydrogens (primary N) is 1. The van der Waals surface area contributed by atoms with E-state index in [9.17, 15) is 9.59 Å². The van der Waals surface area contributed by atoms with Crippen LogP contribution in [-0.4, -0.2) is 34.8 Å². The average molecular weight is 275 g/mol. The van der Waals surface area contributed by atoms with Gasteiger partial charge in [0.1, 0.15) is 5.69 Å². The van der Waals surface area contributed by atoms with Crippen molar-refractivity contribution in [1.82, 2.24) is 9.88 Å². The molecule has 1 aromatic rings. The lowest BCUT2D eigenvalue weighted by Crippen LogP contribution is -2.33. The highest BCUT2D eigenvalue weighted by molar-refractivity contribution is 5.95. The number of pyridine rings is 1. The maximum atomic E-state index is 12.4. The molecule has 0 aromatic carbocycles. The first kappa shape index (κ1) is 14.5. The number of hydrogen-bond acceptors (Lipinski definition) is 3. The van der Waals surface area contributed by atoms with E-state index in [0.717, 1.165) is 32.4 Å². The second kappa shape index (κ2) is 5.61. The van der Waals surface area contributed by atoms with Crippen LogP contribution < -0.4 is 5.73 Å². The molecule has 0 unspecified atom stereocenters. The number of rotatable bonds is 2. The molecular formula is C15H21N3O2. The standard InChI is InChI=1S/C15H21N3O2/c1-15(2)6-3-8-18(9-7-15)14(20)12-5-4-11(10-17-12)13(16)19/h4-5,10H,3,6-9H2,1-2H3,(H2,16,19). The summed E-state index contributed by atoms with van der Waals surface area (Å²) in [6.07, 6.45) is 4.50. The van der Waals surface area contributed by atoms with E-state index in [1.807, 2.05) is 4.90 Å². The van der Waals surface area contributed by atoms with Gasteiger partial charge < -0.3 is 10.6 Å². The Morgan fingerprint density at radius 1 is 1.25 bits per heavy atom. The number of amides is 2. The summed E-state index contributed by atoms with van der Waals surface area (Å²) in [5.74, 6) is -0.605. The smallest absolute Gasteiger partial charge is 0.272 e. The van der Waals surface area contributed by atoms with Crippen LogP contribution in [-0.2, 0) is 0 Å². The largest absolute Gasteiger partial charge is 0.366 e. The van der Waals surface area contributed by atoms with Crippen molar-refractivity contribution < 1.29 is 9.59 Å². The highest BCUT2D eigenvalue weighted by Crippen LogP contribution is 2.30. The topological polar surface area (TPSA) is 76.3 Å². The molecule has 1 aliphatic heterocycles. The number of hydrogen-bond donors (Lipinski definition) is 1. The van der Waals surface area contributed by atoms with Crippen molar-refractivity contribution in [1.29, 1.82) is 0 Å². The SMILES string of the molecule is CC1(C)CCCN(C(=O)c2ccc(C(N)=O)cn2)CC1. The van der Waals surface area contributed by atoms with Crippen molar-refractivity contribution in [3.05, 3.63) is 29.6 Å². The van der Waals surface area contributed by atoms with Crippen LogP contribution in [0, 0.1) is 5.41 Å². The number of nitrogens with zero attached hydrogens (tertiary/aromatic N) is 2. The number of carbonyl (C=O) groups excluding carboxylic acids is 2. The van der Waals surface area contributed by atoms with Gasteiger partial charge >= 0.3 is 0 Å². The van der Waals surface area contributed by atoms with Crippen LogP contribution in [0.5, 0.6) is 0 Å². The predicted molar refractivity (Wildman–Crippen MR) is 76.3 cm³/mol. The summed E-state index contributed by atoms with van der Waals surface area (Å²) in [7, 11) is 0. The van der Waals surface area contributed by atoms with Crippen LogP contribution in [0.1, 0.15) is 54.0 Å². The van der Waals surface area contributed by atoms with Gasteiger partial charge in [0.15, 0.2) is 0 Å². The average Bonchev–Trinajstić information content (AvgIpc) is 2.59. The molecule has 0 bridgehead atoms. The maximum absolute atomic E-state index is 12.4. The third kappa shape index (κ3) is 3.35. The van der Waals surface area contributed by atoms with Gasteiger partial charge in [0, 0.05) is 19.3 Å². The molecule has 5 heteroatoms. The fraction of sp³-hybridized carbons (Fsp3) is 0.533. The van der Waals surface area contributed by atoms with Gasteiger partial charge in [-0.05, 0) is 36.8 Å². The van der Waals surface area contributed by atoms with Crippen molar-refractivity contribution in [3.8, 4) is 0 Å². The lowest BCUT2D eigenvalue weighted by Gasteiger charge is -2.23. The zero-order valence-corrected chi connectivity index (χ0v) is 12.1. The molecular weight excluding hydrogens is 254 g/mol. The van der Waals surface area contributed by atoms with Gasteiger partial charge in [-0.1, -0.05) is 13.8 Å². The van der Waals surface area contributed by atoms with Crippen LogP contribution >= 0.6 is 0 Å². The van der Waals surface area contributed by atoms with E-state index in [1.165, 1.54) is 6.20 Å². The highest BCUT2D eigenvalue weighted by atomic mass is 16.2. The molecule has 0 atom stereocenters. The van der Waals surface area contributed by atoms with Gasteiger partial charge in [0.05, 0.1) is 5.56 Å². The molecule has 2 heterocycles. The number of likely N-dealkylation sites (tertiary alicyclic amines) is 1. The Morgan fingerprint density at radius 2 is 2.00 bits per heavy atom. The molecule has 5 nitrogen and oxygen atoms in total. The third-order valence-corrected chi connectivity index (χ3v) is 3.89. The maximum Gasteiger partial charge on any atom is 0.272 e. The second-order valence-electron chi connectivity index (χ2n) is 6.11. The first-order chi connectivity index (χ1) is 9.39. The van der Waals surface area contributed by atoms with Gasteiger partial charge in [-0.3, -0.25) is 14.6 Å². The van der Waals surface area contributed by atoms with Gasteiger partial charge in [-0.2, -0.15) is 0 Å². The third-order valence-electron chi connectivity index (χ3n) is 3.89. The number of carbonyl (C=O) groups is 2. The lowest BCUT2D eigenvalue weighted by molar-refractivity contribution is 0.0751. The Balaban J connectivity index is 2.09. The van der Waals surface area contributed by atoms with E-state index < -0.39 is 5.91 Å². The van der Waals surface area contributed by atoms with Crippen LogP contribution in [0.15, 0.2) is 18.3 Å². The molecule has 108 valence electrons. The number of primary amides is 1. The number of aromatic nitrogens is 1. The fourth-order valence-electron chi connectivity index (χ4n) is 2.45. The molecule has 1 aromatic heterocycles. The molecule has 1 aliphatic rings. The predicted octanol–water partition coefficient (Wildman–Crippen LogP) is 1.83. The molecule has 2 N–H and O–H groups in total. The van der Waals surface area contributed by atoms with E-state index >= 15 is 0 Å². The zero-order valence-electron chi connectivity index (χ0n) is 12.1. The minimum Gasteiger partial charge on any atom is -0.366 e. The molecule has 2 amide bonds. The Morgan fingerprint density at radius 3 is 2.60 bits per heavy atom. The van der Waals surface area contributed by atoms with E-state index in [2.05, 4.69) is 18.8 Å². The van der Waals surface area contributed by atoms with E-state index in [-0.39, 0.29) is 11.3 Å². The van der Waals surface area contributed by atoms with E-state index in [1.54, 1.807) is 12.1 Å². The van der Waals surface area contributed by atoms with Gasteiger partial charge in [-0.15, -0.1) is 0 Å². The summed E-state index contributed by atoms with van der Waals surface area (Å²) in [5, 5.41) is 0. The Bertz CT molecular complexity index is 508. The molecule has 1 saturated heterocycles. The quantitative estimate of drug-likeness (QED) is 0.894. The molecule has 1 fully saturated rings. The lowest BCUT2D eigenvalue weighted by atomic mass is 9.85. The molecule has 2 rings (SSSR count). The van der Waals surface area contributed by atoms with Gasteiger partial charge in [-0.25, -0.2) is 0 Å². The van der Waals surface area contributed by atoms with Crippen molar-refractivity contribution >= 4 is 11.8 Å². The zero-order chi connectivity index (χ0) is 14.8. The molecule has 0 saturated carbocycles. The molecule has 0 radical (unpaired) electrons. The normalized spacial score (nSPS) is 18.4. The van der Waals surface area contributed by atoms with Crippen molar-refractivity contribution in [2.24, 2.45) is 11.1 Å². The van der Waals surface area contributed by atoms with Crippen LogP contribution in [0.4, 0.5) is 0 Å². The van der Waals surface area contributed by atoms with Gasteiger partial charge in [0.2, 0.25) is 5.91 Å². The van der Waals surface area contributed by atoms with E-state index in [4.69, 9.17) is 5.73 Å². The summed E-state index contributed by atoms with van der Waals surface area (Å²) in [5.41, 5.74) is 6.14. The molecule has 0 spiro atoms. The summed E-state index contributed by atoms with van der Waals surface area (Å²) < 4.78 is 0. The van der Waals surface area contributed by atoms with Crippen LogP contribution in [0.3, 0.4) is 0 Å². The summed E-state index contributed by atoms with van der Waals surface area (Å²) >= 11 is 0. The minimum atomic E-state index is -0.534. The molecule has 20 heavy (non-hydrogen) atoms. The monoisotopic (exact) mass is 275 g/mol. The van der Waals surface area contributed by atoms with Crippen molar-refractivity contribution in [2.45, 2.75) is 33.1 Å². The Hall–Kier alpha value is -1.91. The first-order valence-electron chi connectivity index (χ1n) is 6.94.